The molecule has 0 aliphatic carbocycles. The van der Waals surface area contributed by atoms with E-state index in [-0.39, 0.29) is 30.0 Å². The third-order valence-electron chi connectivity index (χ3n) is 5.21. The van der Waals surface area contributed by atoms with Gasteiger partial charge >= 0.3 is 0 Å². The fraction of sp³-hybridized carbons (Fsp3) is 0.217. The van der Waals surface area contributed by atoms with Gasteiger partial charge in [-0.3, -0.25) is 9.59 Å². The first-order valence-electron chi connectivity index (χ1n) is 9.84. The van der Waals surface area contributed by atoms with Crippen LogP contribution < -0.4 is 10.1 Å². The van der Waals surface area contributed by atoms with Crippen molar-refractivity contribution >= 4 is 27.7 Å². The maximum absolute atomic E-state index is 13.4. The molecule has 8 heteroatoms. The molecule has 1 aliphatic heterocycles. The molecule has 6 nitrogen and oxygen atoms in total. The minimum atomic E-state index is -0.338. The molecule has 2 heterocycles. The average molecular weight is 486 g/mol. The fourth-order valence-corrected chi connectivity index (χ4v) is 4.33. The second-order valence-electron chi connectivity index (χ2n) is 7.20. The molecule has 0 radical (unpaired) electrons. The van der Waals surface area contributed by atoms with Crippen LogP contribution in [0.4, 0.5) is 4.39 Å². The van der Waals surface area contributed by atoms with Gasteiger partial charge < -0.3 is 19.5 Å². The molecule has 0 atom stereocenters. The van der Waals surface area contributed by atoms with Gasteiger partial charge in [0.2, 0.25) is 0 Å². The number of nitrogens with one attached hydrogen (secondary N) is 1. The van der Waals surface area contributed by atoms with Crippen LogP contribution in [0.1, 0.15) is 32.0 Å². The van der Waals surface area contributed by atoms with Gasteiger partial charge in [0, 0.05) is 26.7 Å². The summed E-state index contributed by atoms with van der Waals surface area (Å²) in [6.45, 7) is 1.53. The van der Waals surface area contributed by atoms with Crippen LogP contribution in [0.2, 0.25) is 0 Å². The van der Waals surface area contributed by atoms with Crippen molar-refractivity contribution in [2.75, 3.05) is 13.6 Å². The van der Waals surface area contributed by atoms with E-state index in [1.807, 2.05) is 30.3 Å². The summed E-state index contributed by atoms with van der Waals surface area (Å²) in [4.78, 5) is 27.7. The van der Waals surface area contributed by atoms with Crippen molar-refractivity contribution in [1.29, 1.82) is 0 Å². The molecule has 0 saturated carbocycles. The molecule has 0 saturated heterocycles. The average Bonchev–Trinajstić information content (AvgIpc) is 3.08. The van der Waals surface area contributed by atoms with Gasteiger partial charge in [-0.05, 0) is 39.2 Å². The molecule has 160 valence electrons. The quantitative estimate of drug-likeness (QED) is 0.574. The van der Waals surface area contributed by atoms with Gasteiger partial charge in [0.15, 0.2) is 11.4 Å². The summed E-state index contributed by atoms with van der Waals surface area (Å²) in [7, 11) is 1.54. The number of aromatic nitrogens is 1. The Morgan fingerprint density at radius 3 is 2.48 bits per heavy atom. The van der Waals surface area contributed by atoms with Crippen LogP contribution in [-0.2, 0) is 19.7 Å². The number of ether oxygens (including phenoxy) is 1. The first kappa shape index (κ1) is 21.1. The van der Waals surface area contributed by atoms with Crippen molar-refractivity contribution in [3.05, 3.63) is 87.4 Å². The third kappa shape index (κ3) is 4.20. The van der Waals surface area contributed by atoms with Crippen molar-refractivity contribution in [1.82, 2.24) is 14.8 Å². The van der Waals surface area contributed by atoms with E-state index < -0.39 is 0 Å². The zero-order valence-corrected chi connectivity index (χ0v) is 18.5. The van der Waals surface area contributed by atoms with Gasteiger partial charge in [-0.1, -0.05) is 42.5 Å². The Morgan fingerprint density at radius 1 is 1.10 bits per heavy atom. The molecule has 1 aliphatic rings. The molecular formula is C23H21BrFN3O3. The number of nitrogens with zero attached hydrogens (tertiary/aromatic N) is 2. The van der Waals surface area contributed by atoms with Crippen molar-refractivity contribution in [2.45, 2.75) is 19.7 Å². The summed E-state index contributed by atoms with van der Waals surface area (Å²) in [5.41, 5.74) is 2.38. The number of rotatable bonds is 6. The first-order valence-corrected chi connectivity index (χ1v) is 10.6. The molecule has 1 N–H and O–H groups in total. The molecule has 3 aromatic rings. The van der Waals surface area contributed by atoms with Crippen molar-refractivity contribution < 1.29 is 18.7 Å². The molecule has 0 fully saturated rings. The molecular weight excluding hydrogens is 465 g/mol. The Kier molecular flexibility index (Phi) is 6.08. The van der Waals surface area contributed by atoms with E-state index in [9.17, 15) is 14.0 Å². The van der Waals surface area contributed by atoms with E-state index >= 15 is 0 Å². The van der Waals surface area contributed by atoms with Gasteiger partial charge in [-0.2, -0.15) is 0 Å². The topological polar surface area (TPSA) is 63.6 Å². The van der Waals surface area contributed by atoms with Crippen LogP contribution in [0.5, 0.6) is 5.75 Å². The van der Waals surface area contributed by atoms with Gasteiger partial charge in [-0.15, -0.1) is 0 Å². The van der Waals surface area contributed by atoms with E-state index in [0.29, 0.717) is 35.5 Å². The van der Waals surface area contributed by atoms with Gasteiger partial charge in [-0.25, -0.2) is 4.39 Å². The van der Waals surface area contributed by atoms with Crippen LogP contribution in [0.3, 0.4) is 0 Å². The third-order valence-corrected chi connectivity index (χ3v) is 6.03. The summed E-state index contributed by atoms with van der Waals surface area (Å²) >= 11 is 3.49. The second-order valence-corrected chi connectivity index (χ2v) is 7.95. The Hall–Kier alpha value is -3.13. The lowest BCUT2D eigenvalue weighted by Gasteiger charge is -2.29. The Bertz CT molecular complexity index is 1110. The molecule has 31 heavy (non-hydrogen) atoms. The molecule has 4 rings (SSSR count). The van der Waals surface area contributed by atoms with E-state index in [2.05, 4.69) is 21.2 Å². The standard InChI is InChI=1S/C23H21BrFN3O3/c1-26-22(29)18-20(31-14-16-5-3-2-4-6-16)19-23(30)27(11-12-28(19)21(18)24)13-15-7-9-17(25)10-8-15/h2-10H,11-14H2,1H3,(H,26,29). The van der Waals surface area contributed by atoms with E-state index in [4.69, 9.17) is 4.74 Å². The van der Waals surface area contributed by atoms with Crippen LogP contribution in [-0.4, -0.2) is 34.9 Å². The van der Waals surface area contributed by atoms with Crippen molar-refractivity contribution in [3.63, 3.8) is 0 Å². The Morgan fingerprint density at radius 2 is 1.81 bits per heavy atom. The monoisotopic (exact) mass is 485 g/mol. The number of hydrogen-bond acceptors (Lipinski definition) is 3. The number of halogens is 2. The number of amides is 2. The predicted octanol–water partition coefficient (Wildman–Crippen LogP) is 3.98. The van der Waals surface area contributed by atoms with E-state index in [0.717, 1.165) is 11.1 Å². The minimum Gasteiger partial charge on any atom is -0.486 e. The zero-order chi connectivity index (χ0) is 22.0. The lowest BCUT2D eigenvalue weighted by atomic mass is 10.1. The molecule has 0 spiro atoms. The number of fused-ring (bicyclic) bond motifs is 1. The summed E-state index contributed by atoms with van der Waals surface area (Å²) in [6.07, 6.45) is 0. The molecule has 2 aromatic carbocycles. The van der Waals surface area contributed by atoms with Gasteiger partial charge in [0.05, 0.1) is 0 Å². The maximum atomic E-state index is 13.4. The van der Waals surface area contributed by atoms with Crippen molar-refractivity contribution in [2.24, 2.45) is 0 Å². The number of benzene rings is 2. The van der Waals surface area contributed by atoms with E-state index in [1.165, 1.54) is 19.2 Å². The second kappa shape index (κ2) is 8.93. The number of carbonyl (C=O) groups is 2. The zero-order valence-electron chi connectivity index (χ0n) is 16.9. The van der Waals surface area contributed by atoms with Crippen LogP contribution in [0.15, 0.2) is 59.2 Å². The van der Waals surface area contributed by atoms with Crippen LogP contribution in [0, 0.1) is 5.82 Å². The maximum Gasteiger partial charge on any atom is 0.274 e. The normalized spacial score (nSPS) is 13.1. The fourth-order valence-electron chi connectivity index (χ4n) is 3.62. The summed E-state index contributed by atoms with van der Waals surface area (Å²) in [5, 5.41) is 2.62. The summed E-state index contributed by atoms with van der Waals surface area (Å²) in [5.74, 6) is -0.647. The highest BCUT2D eigenvalue weighted by Gasteiger charge is 2.36. The van der Waals surface area contributed by atoms with Crippen molar-refractivity contribution in [3.8, 4) is 5.75 Å². The van der Waals surface area contributed by atoms with Crippen LogP contribution in [0.25, 0.3) is 0 Å². The first-order chi connectivity index (χ1) is 15.0. The highest BCUT2D eigenvalue weighted by Crippen LogP contribution is 2.38. The summed E-state index contributed by atoms with van der Waals surface area (Å²) in [6, 6.07) is 15.6. The molecule has 0 unspecified atom stereocenters. The predicted molar refractivity (Wildman–Crippen MR) is 117 cm³/mol. The lowest BCUT2D eigenvalue weighted by molar-refractivity contribution is 0.0683. The molecule has 0 bridgehead atoms. The SMILES string of the molecule is CNC(=O)c1c(OCc2ccccc2)c2n(c1Br)CCN(Cc1ccc(F)cc1)C2=O. The molecule has 1 aromatic heterocycles. The smallest absolute Gasteiger partial charge is 0.274 e. The number of hydrogen-bond donors (Lipinski definition) is 1. The van der Waals surface area contributed by atoms with E-state index in [1.54, 1.807) is 21.6 Å². The van der Waals surface area contributed by atoms with Crippen LogP contribution >= 0.6 is 15.9 Å². The summed E-state index contributed by atoms with van der Waals surface area (Å²) < 4.78 is 21.6. The van der Waals surface area contributed by atoms with Gasteiger partial charge in [0.25, 0.3) is 11.8 Å². The molecule has 2 amide bonds. The highest BCUT2D eigenvalue weighted by atomic mass is 79.9. The Balaban J connectivity index is 1.68. The Labute approximate surface area is 187 Å². The lowest BCUT2D eigenvalue weighted by Crippen LogP contribution is -2.39. The van der Waals surface area contributed by atoms with Gasteiger partial charge in [0.1, 0.15) is 22.6 Å². The highest BCUT2D eigenvalue weighted by molar-refractivity contribution is 9.10. The largest absolute Gasteiger partial charge is 0.486 e. The minimum absolute atomic E-state index is 0.222. The number of carbonyl (C=O) groups excluding carboxylic acids is 2.